The quantitative estimate of drug-likeness (QED) is 0.447. The summed E-state index contributed by atoms with van der Waals surface area (Å²) in [7, 11) is 0. The van der Waals surface area contributed by atoms with Crippen molar-refractivity contribution in [3.05, 3.63) is 84.3 Å². The number of aromatic nitrogens is 3. The maximum absolute atomic E-state index is 13.1. The van der Waals surface area contributed by atoms with Crippen LogP contribution in [0.4, 0.5) is 4.39 Å². The van der Waals surface area contributed by atoms with Crippen LogP contribution in [-0.2, 0) is 6.42 Å². The molecule has 6 nitrogen and oxygen atoms in total. The molecule has 1 saturated heterocycles. The van der Waals surface area contributed by atoms with Crippen molar-refractivity contribution in [2.75, 3.05) is 13.1 Å². The van der Waals surface area contributed by atoms with Gasteiger partial charge in [0.05, 0.1) is 18.1 Å². The molecule has 0 amide bonds. The summed E-state index contributed by atoms with van der Waals surface area (Å²) in [5, 5.41) is 4.22. The molecular weight excluding hydrogens is 419 g/mol. The largest absolute Gasteiger partial charge is 0.489 e. The summed E-state index contributed by atoms with van der Waals surface area (Å²) >= 11 is 0. The number of ketones is 1. The first-order valence-electron chi connectivity index (χ1n) is 11.0. The summed E-state index contributed by atoms with van der Waals surface area (Å²) in [6, 6.07) is 13.4. The number of nitrogens with zero attached hydrogens (tertiary/aromatic N) is 3. The van der Waals surface area contributed by atoms with Gasteiger partial charge in [0, 0.05) is 28.9 Å². The molecule has 1 aliphatic rings. The highest BCUT2D eigenvalue weighted by Crippen LogP contribution is 2.27. The predicted molar refractivity (Wildman–Crippen MR) is 124 cm³/mol. The number of hydrogen-bond acceptors (Lipinski definition) is 6. The molecule has 0 bridgehead atoms. The molecule has 1 aliphatic heterocycles. The normalized spacial score (nSPS) is 14.3. The highest BCUT2D eigenvalue weighted by molar-refractivity contribution is 5.97. The summed E-state index contributed by atoms with van der Waals surface area (Å²) in [4.78, 5) is 25.8. The minimum absolute atomic E-state index is 0.0485. The molecule has 0 unspecified atom stereocenters. The number of halogens is 1. The molecule has 0 spiro atoms. The van der Waals surface area contributed by atoms with Crippen LogP contribution in [0.2, 0.25) is 0 Å². The van der Waals surface area contributed by atoms with Gasteiger partial charge in [-0.05, 0) is 67.9 Å². The van der Waals surface area contributed by atoms with E-state index in [1.54, 1.807) is 18.6 Å². The van der Waals surface area contributed by atoms with Gasteiger partial charge in [-0.25, -0.2) is 14.4 Å². The summed E-state index contributed by atoms with van der Waals surface area (Å²) in [6.45, 7) is 1.93. The van der Waals surface area contributed by atoms with E-state index in [1.807, 2.05) is 24.3 Å². The molecule has 166 valence electrons. The average Bonchev–Trinajstić information content (AvgIpc) is 2.85. The van der Waals surface area contributed by atoms with Gasteiger partial charge in [0.1, 0.15) is 23.5 Å². The van der Waals surface area contributed by atoms with Gasteiger partial charge in [-0.15, -0.1) is 0 Å². The molecule has 0 aliphatic carbocycles. The number of fused-ring (bicyclic) bond motifs is 1. The van der Waals surface area contributed by atoms with Crippen molar-refractivity contribution in [2.45, 2.75) is 25.4 Å². The Labute approximate surface area is 190 Å². The Balaban J connectivity index is 1.37. The lowest BCUT2D eigenvalue weighted by Crippen LogP contribution is -2.34. The van der Waals surface area contributed by atoms with Crippen LogP contribution in [0, 0.1) is 5.82 Å². The summed E-state index contributed by atoms with van der Waals surface area (Å²) in [5.41, 5.74) is 3.07. The Morgan fingerprint density at radius 1 is 1.00 bits per heavy atom. The number of Topliss-reactive ketones (excluding diaryl/α,β-unsaturated/α-hetero) is 1. The number of nitrogens with one attached hydrogen (secondary N) is 1. The van der Waals surface area contributed by atoms with E-state index >= 15 is 0 Å². The SMILES string of the molecule is O=C(Cc1ncc2ccc(-c3cncc(OC4CCNCC4)c3)cc2n1)c1ccc(F)cc1. The van der Waals surface area contributed by atoms with Crippen molar-refractivity contribution >= 4 is 16.7 Å². The smallest absolute Gasteiger partial charge is 0.170 e. The minimum Gasteiger partial charge on any atom is -0.489 e. The molecule has 1 fully saturated rings. The molecule has 0 atom stereocenters. The van der Waals surface area contributed by atoms with Crippen LogP contribution in [0.5, 0.6) is 5.75 Å². The van der Waals surface area contributed by atoms with E-state index in [2.05, 4.69) is 20.3 Å². The second kappa shape index (κ2) is 9.42. The number of rotatable bonds is 6. The molecule has 7 heteroatoms. The third-order valence-electron chi connectivity index (χ3n) is 5.75. The Kier molecular flexibility index (Phi) is 6.04. The fourth-order valence-corrected chi connectivity index (χ4v) is 3.95. The van der Waals surface area contributed by atoms with Crippen LogP contribution in [0.15, 0.2) is 67.1 Å². The lowest BCUT2D eigenvalue weighted by atomic mass is 10.1. The predicted octanol–water partition coefficient (Wildman–Crippen LogP) is 4.39. The lowest BCUT2D eigenvalue weighted by Gasteiger charge is -2.23. The van der Waals surface area contributed by atoms with E-state index < -0.39 is 0 Å². The number of hydrogen-bond donors (Lipinski definition) is 1. The zero-order valence-electron chi connectivity index (χ0n) is 18.0. The topological polar surface area (TPSA) is 77.0 Å². The maximum Gasteiger partial charge on any atom is 0.170 e. The monoisotopic (exact) mass is 442 g/mol. The first-order valence-corrected chi connectivity index (χ1v) is 11.0. The van der Waals surface area contributed by atoms with Gasteiger partial charge in [-0.1, -0.05) is 12.1 Å². The van der Waals surface area contributed by atoms with Gasteiger partial charge in [0.2, 0.25) is 0 Å². The van der Waals surface area contributed by atoms with Crippen molar-refractivity contribution < 1.29 is 13.9 Å². The van der Waals surface area contributed by atoms with Crippen molar-refractivity contribution in [3.63, 3.8) is 0 Å². The fraction of sp³-hybridized carbons (Fsp3) is 0.231. The van der Waals surface area contributed by atoms with Crippen molar-refractivity contribution in [1.29, 1.82) is 0 Å². The Morgan fingerprint density at radius 3 is 2.64 bits per heavy atom. The number of pyridine rings is 1. The Morgan fingerprint density at radius 2 is 1.82 bits per heavy atom. The molecule has 5 rings (SSSR count). The maximum atomic E-state index is 13.1. The number of carbonyl (C=O) groups is 1. The van der Waals surface area contributed by atoms with Crippen molar-refractivity contribution in [3.8, 4) is 16.9 Å². The molecule has 1 N–H and O–H groups in total. The highest BCUT2D eigenvalue weighted by atomic mass is 19.1. The van der Waals surface area contributed by atoms with Crippen LogP contribution in [0.25, 0.3) is 22.0 Å². The van der Waals surface area contributed by atoms with Crippen LogP contribution in [0.3, 0.4) is 0 Å². The van der Waals surface area contributed by atoms with Gasteiger partial charge in [-0.2, -0.15) is 0 Å². The standard InChI is InChI=1S/C26H23FN4O2/c27-21-5-3-17(4-6-21)25(32)13-26-30-15-19-2-1-18(12-24(19)31-26)20-11-23(16-29-14-20)33-22-7-9-28-10-8-22/h1-6,11-12,14-16,22,28H,7-10,13H2. The number of ether oxygens (including phenoxy) is 1. The van der Waals surface area contributed by atoms with E-state index in [-0.39, 0.29) is 24.1 Å². The lowest BCUT2D eigenvalue weighted by molar-refractivity contribution is 0.0991. The van der Waals surface area contributed by atoms with Gasteiger partial charge in [0.25, 0.3) is 0 Å². The summed E-state index contributed by atoms with van der Waals surface area (Å²) in [6.07, 6.45) is 7.48. The molecule has 4 aromatic rings. The number of carbonyl (C=O) groups excluding carboxylic acids is 1. The molecule has 0 saturated carbocycles. The van der Waals surface area contributed by atoms with E-state index in [0.717, 1.165) is 53.7 Å². The van der Waals surface area contributed by atoms with Gasteiger partial charge in [-0.3, -0.25) is 9.78 Å². The van der Waals surface area contributed by atoms with E-state index in [1.165, 1.54) is 24.3 Å². The third kappa shape index (κ3) is 5.04. The van der Waals surface area contributed by atoms with Crippen molar-refractivity contribution in [1.82, 2.24) is 20.3 Å². The first-order chi connectivity index (χ1) is 16.1. The Hall–Kier alpha value is -3.71. The van der Waals surface area contributed by atoms with Crippen molar-refractivity contribution in [2.24, 2.45) is 0 Å². The van der Waals surface area contributed by atoms with E-state index in [0.29, 0.717) is 11.4 Å². The van der Waals surface area contributed by atoms with Gasteiger partial charge >= 0.3 is 0 Å². The summed E-state index contributed by atoms with van der Waals surface area (Å²) in [5.74, 6) is 0.654. The highest BCUT2D eigenvalue weighted by Gasteiger charge is 2.15. The third-order valence-corrected chi connectivity index (χ3v) is 5.75. The van der Waals surface area contributed by atoms with Gasteiger partial charge < -0.3 is 10.1 Å². The molecule has 2 aromatic heterocycles. The second-order valence-electron chi connectivity index (χ2n) is 8.14. The molecule has 33 heavy (non-hydrogen) atoms. The zero-order chi connectivity index (χ0) is 22.6. The van der Waals surface area contributed by atoms with E-state index in [9.17, 15) is 9.18 Å². The Bertz CT molecular complexity index is 1290. The zero-order valence-corrected chi connectivity index (χ0v) is 18.0. The molecule has 2 aromatic carbocycles. The second-order valence-corrected chi connectivity index (χ2v) is 8.14. The van der Waals surface area contributed by atoms with Gasteiger partial charge in [0.15, 0.2) is 5.78 Å². The fourth-order valence-electron chi connectivity index (χ4n) is 3.95. The van der Waals surface area contributed by atoms with Crippen LogP contribution < -0.4 is 10.1 Å². The first kappa shape index (κ1) is 21.2. The molecule has 3 heterocycles. The molecular formula is C26H23FN4O2. The van der Waals surface area contributed by atoms with Crippen LogP contribution in [0.1, 0.15) is 29.0 Å². The average molecular weight is 442 g/mol. The van der Waals surface area contributed by atoms with E-state index in [4.69, 9.17) is 4.74 Å². The number of piperidine rings is 1. The van der Waals surface area contributed by atoms with Crippen LogP contribution >= 0.6 is 0 Å². The minimum atomic E-state index is -0.374. The van der Waals surface area contributed by atoms with Crippen LogP contribution in [-0.4, -0.2) is 39.9 Å². The summed E-state index contributed by atoms with van der Waals surface area (Å²) < 4.78 is 19.2. The molecule has 0 radical (unpaired) electrons. The number of benzene rings is 2.